The Hall–Kier alpha value is -1.06. The van der Waals surface area contributed by atoms with Gasteiger partial charge in [0, 0.05) is 32.6 Å². The summed E-state index contributed by atoms with van der Waals surface area (Å²) in [4.78, 5) is 14.3. The number of amides is 1. The molecular formula is C16H23ClN2O. The van der Waals surface area contributed by atoms with Gasteiger partial charge in [0.05, 0.1) is 0 Å². The molecule has 1 atom stereocenters. The molecule has 110 valence electrons. The maximum absolute atomic E-state index is 12.3. The average molecular weight is 295 g/mol. The number of aryl methyl sites for hydroxylation is 1. The smallest absolute Gasteiger partial charge is 0.222 e. The normalized spacial score (nSPS) is 21.8. The Labute approximate surface area is 127 Å². The Bertz CT molecular complexity index is 458. The largest absolute Gasteiger partial charge is 0.340 e. The van der Waals surface area contributed by atoms with E-state index in [4.69, 9.17) is 0 Å². The number of carbonyl (C=O) groups excluding carboxylic acids is 1. The number of piperazine rings is 1. The van der Waals surface area contributed by atoms with Crippen LogP contribution in [0.4, 0.5) is 0 Å². The van der Waals surface area contributed by atoms with Crippen LogP contribution in [0.25, 0.3) is 0 Å². The Kier molecular flexibility index (Phi) is 5.44. The Morgan fingerprint density at radius 3 is 2.65 bits per heavy atom. The van der Waals surface area contributed by atoms with Crippen LogP contribution < -0.4 is 5.32 Å². The van der Waals surface area contributed by atoms with Crippen molar-refractivity contribution in [3.8, 4) is 0 Å². The molecule has 3 nitrogen and oxygen atoms in total. The van der Waals surface area contributed by atoms with Crippen LogP contribution in [-0.4, -0.2) is 37.0 Å². The molecule has 3 rings (SSSR count). The van der Waals surface area contributed by atoms with Crippen molar-refractivity contribution in [1.29, 1.82) is 0 Å². The maximum atomic E-state index is 12.3. The first-order valence-electron chi connectivity index (χ1n) is 7.38. The van der Waals surface area contributed by atoms with Gasteiger partial charge in [-0.3, -0.25) is 4.79 Å². The number of carbonyl (C=O) groups is 1. The number of benzene rings is 1. The van der Waals surface area contributed by atoms with Gasteiger partial charge in [0.1, 0.15) is 0 Å². The van der Waals surface area contributed by atoms with Gasteiger partial charge in [-0.15, -0.1) is 12.4 Å². The molecule has 1 aromatic rings. The summed E-state index contributed by atoms with van der Waals surface area (Å²) >= 11 is 0. The summed E-state index contributed by atoms with van der Waals surface area (Å²) in [7, 11) is 0. The van der Waals surface area contributed by atoms with Gasteiger partial charge in [-0.2, -0.15) is 0 Å². The van der Waals surface area contributed by atoms with E-state index in [0.29, 0.717) is 11.8 Å². The molecule has 1 saturated heterocycles. The molecule has 0 bridgehead atoms. The number of hydrogen-bond donors (Lipinski definition) is 1. The molecule has 1 fully saturated rings. The molecule has 1 aliphatic carbocycles. The summed E-state index contributed by atoms with van der Waals surface area (Å²) < 4.78 is 0. The fourth-order valence-electron chi connectivity index (χ4n) is 3.24. The van der Waals surface area contributed by atoms with E-state index < -0.39 is 0 Å². The van der Waals surface area contributed by atoms with Crippen LogP contribution in [-0.2, 0) is 17.6 Å². The van der Waals surface area contributed by atoms with Crippen LogP contribution in [0.5, 0.6) is 0 Å². The van der Waals surface area contributed by atoms with E-state index in [1.807, 2.05) is 4.90 Å². The summed E-state index contributed by atoms with van der Waals surface area (Å²) in [6.07, 6.45) is 4.10. The van der Waals surface area contributed by atoms with Gasteiger partial charge < -0.3 is 10.2 Å². The van der Waals surface area contributed by atoms with Crippen LogP contribution >= 0.6 is 12.4 Å². The summed E-state index contributed by atoms with van der Waals surface area (Å²) in [6.45, 7) is 3.64. The van der Waals surface area contributed by atoms with Crippen LogP contribution in [0.15, 0.2) is 24.3 Å². The lowest BCUT2D eigenvalue weighted by Gasteiger charge is -2.30. The first-order chi connectivity index (χ1) is 9.33. The fraction of sp³-hybridized carbons (Fsp3) is 0.562. The Balaban J connectivity index is 0.00000147. The highest BCUT2D eigenvalue weighted by Crippen LogP contribution is 2.27. The van der Waals surface area contributed by atoms with E-state index in [1.54, 1.807) is 0 Å². The number of nitrogens with zero attached hydrogens (tertiary/aromatic N) is 1. The molecule has 4 heteroatoms. The molecule has 1 aliphatic heterocycles. The van der Waals surface area contributed by atoms with Crippen LogP contribution in [0, 0.1) is 5.92 Å². The summed E-state index contributed by atoms with van der Waals surface area (Å²) in [5.41, 5.74) is 2.93. The summed E-state index contributed by atoms with van der Waals surface area (Å²) in [5.74, 6) is 0.892. The minimum absolute atomic E-state index is 0. The van der Waals surface area contributed by atoms with E-state index in [1.165, 1.54) is 11.1 Å². The zero-order valence-corrected chi connectivity index (χ0v) is 12.6. The van der Waals surface area contributed by atoms with E-state index in [2.05, 4.69) is 29.6 Å². The predicted octanol–water partition coefficient (Wildman–Crippen LogP) is 2.04. The highest BCUT2D eigenvalue weighted by Gasteiger charge is 2.24. The molecule has 1 amide bonds. The van der Waals surface area contributed by atoms with Gasteiger partial charge >= 0.3 is 0 Å². The van der Waals surface area contributed by atoms with Gasteiger partial charge in [-0.1, -0.05) is 24.3 Å². The molecule has 1 N–H and O–H groups in total. The third-order valence-electron chi connectivity index (χ3n) is 4.38. The lowest BCUT2D eigenvalue weighted by atomic mass is 9.82. The van der Waals surface area contributed by atoms with Crippen molar-refractivity contribution in [2.24, 2.45) is 5.92 Å². The van der Waals surface area contributed by atoms with Crippen LogP contribution in [0.1, 0.15) is 24.0 Å². The number of nitrogens with one attached hydrogen (secondary N) is 1. The predicted molar refractivity (Wildman–Crippen MR) is 83.3 cm³/mol. The third-order valence-corrected chi connectivity index (χ3v) is 4.38. The van der Waals surface area contributed by atoms with Gasteiger partial charge in [-0.05, 0) is 36.3 Å². The van der Waals surface area contributed by atoms with Crippen molar-refractivity contribution in [3.05, 3.63) is 35.4 Å². The second-order valence-electron chi connectivity index (χ2n) is 5.71. The zero-order chi connectivity index (χ0) is 13.1. The van der Waals surface area contributed by atoms with Crippen molar-refractivity contribution in [2.75, 3.05) is 26.2 Å². The van der Waals surface area contributed by atoms with Crippen molar-refractivity contribution in [1.82, 2.24) is 10.2 Å². The monoisotopic (exact) mass is 294 g/mol. The van der Waals surface area contributed by atoms with Crippen molar-refractivity contribution in [3.63, 3.8) is 0 Å². The molecule has 0 radical (unpaired) electrons. The van der Waals surface area contributed by atoms with E-state index in [-0.39, 0.29) is 12.4 Å². The van der Waals surface area contributed by atoms with Crippen LogP contribution in [0.2, 0.25) is 0 Å². The Morgan fingerprint density at radius 1 is 1.20 bits per heavy atom. The number of hydrogen-bond acceptors (Lipinski definition) is 2. The molecule has 0 aromatic heterocycles. The molecule has 0 saturated carbocycles. The Morgan fingerprint density at radius 2 is 1.90 bits per heavy atom. The number of rotatable bonds is 2. The minimum Gasteiger partial charge on any atom is -0.340 e. The second-order valence-corrected chi connectivity index (χ2v) is 5.71. The average Bonchev–Trinajstić information content (AvgIpc) is 2.48. The van der Waals surface area contributed by atoms with Crippen LogP contribution in [0.3, 0.4) is 0 Å². The first kappa shape index (κ1) is 15.3. The van der Waals surface area contributed by atoms with E-state index >= 15 is 0 Å². The van der Waals surface area contributed by atoms with Crippen molar-refractivity contribution < 1.29 is 4.79 Å². The molecule has 1 heterocycles. The lowest BCUT2D eigenvalue weighted by molar-refractivity contribution is -0.132. The third kappa shape index (κ3) is 3.53. The van der Waals surface area contributed by atoms with E-state index in [9.17, 15) is 4.79 Å². The molecule has 1 aromatic carbocycles. The highest BCUT2D eigenvalue weighted by atomic mass is 35.5. The number of fused-ring (bicyclic) bond motifs is 1. The SMILES string of the molecule is Cl.O=C(CC1CCc2ccccc2C1)N1CCNCC1. The second kappa shape index (κ2) is 7.09. The minimum atomic E-state index is 0. The topological polar surface area (TPSA) is 32.3 Å². The molecule has 20 heavy (non-hydrogen) atoms. The standard InChI is InChI=1S/C16H22N2O.ClH/c19-16(18-9-7-17-8-10-18)12-13-5-6-14-3-1-2-4-15(14)11-13;/h1-4,13,17H,5-12H2;1H. The van der Waals surface area contributed by atoms with Gasteiger partial charge in [-0.25, -0.2) is 0 Å². The van der Waals surface area contributed by atoms with Gasteiger partial charge in [0.25, 0.3) is 0 Å². The maximum Gasteiger partial charge on any atom is 0.222 e. The zero-order valence-electron chi connectivity index (χ0n) is 11.8. The lowest BCUT2D eigenvalue weighted by Crippen LogP contribution is -2.47. The van der Waals surface area contributed by atoms with Crippen molar-refractivity contribution in [2.45, 2.75) is 25.7 Å². The molecule has 0 spiro atoms. The molecular weight excluding hydrogens is 272 g/mol. The first-order valence-corrected chi connectivity index (χ1v) is 7.38. The summed E-state index contributed by atoms with van der Waals surface area (Å²) in [5, 5.41) is 3.29. The molecule has 1 unspecified atom stereocenters. The number of halogens is 1. The highest BCUT2D eigenvalue weighted by molar-refractivity contribution is 5.85. The van der Waals surface area contributed by atoms with E-state index in [0.717, 1.165) is 51.9 Å². The van der Waals surface area contributed by atoms with Crippen molar-refractivity contribution >= 4 is 18.3 Å². The molecule has 2 aliphatic rings. The van der Waals surface area contributed by atoms with Gasteiger partial charge in [0.15, 0.2) is 0 Å². The summed E-state index contributed by atoms with van der Waals surface area (Å²) in [6, 6.07) is 8.67. The fourth-order valence-corrected chi connectivity index (χ4v) is 3.24. The quantitative estimate of drug-likeness (QED) is 0.905. The van der Waals surface area contributed by atoms with Gasteiger partial charge in [0.2, 0.25) is 5.91 Å².